The number of hydrogen-bond donors (Lipinski definition) is 9. The lowest BCUT2D eigenvalue weighted by molar-refractivity contribution is 0.00811. The van der Waals surface area contributed by atoms with E-state index in [1.807, 2.05) is 30.3 Å². The molecule has 40 heteroatoms. The fourth-order valence-corrected chi connectivity index (χ4v) is 15.2. The summed E-state index contributed by atoms with van der Waals surface area (Å²) in [6.45, 7) is 9.22. The molecule has 0 fully saturated rings. The van der Waals surface area contributed by atoms with Gasteiger partial charge in [0.2, 0.25) is 10.0 Å². The number of aromatic nitrogens is 8. The zero-order chi connectivity index (χ0) is 98.0. The summed E-state index contributed by atoms with van der Waals surface area (Å²) in [7, 11) is 3.12. The number of para-hydroxylation sites is 6. The Hall–Kier alpha value is -15.4. The highest BCUT2D eigenvalue weighted by Gasteiger charge is 2.27. The van der Waals surface area contributed by atoms with Gasteiger partial charge in [0.1, 0.15) is 30.5 Å². The maximum atomic E-state index is 13.0. The Morgan fingerprint density at radius 2 is 0.655 bits per heavy atom. The van der Waals surface area contributed by atoms with E-state index < -0.39 is 33.7 Å². The molecule has 4 aromatic heterocycles. The Kier molecular flexibility index (Phi) is 36.7. The molecule has 0 radical (unpaired) electrons. The van der Waals surface area contributed by atoms with E-state index in [1.54, 1.807) is 188 Å². The third kappa shape index (κ3) is 28.6. The molecule has 0 spiro atoms. The molecule has 39 nitrogen and oxygen atoms in total. The van der Waals surface area contributed by atoms with Crippen LogP contribution < -0.4 is 63.7 Å². The Bertz CT molecular complexity index is 6360. The van der Waals surface area contributed by atoms with Gasteiger partial charge in [0.15, 0.2) is 46.0 Å². The number of nitrogens with one attached hydrogen (secondary N) is 5. The normalized spacial score (nSPS) is 16.3. The number of sulfonamides is 1. The molecule has 0 aliphatic carbocycles. The minimum absolute atomic E-state index is 0.0000679. The molecule has 8 aromatic carbocycles. The lowest BCUT2D eigenvalue weighted by Gasteiger charge is -2.18. The van der Waals surface area contributed by atoms with E-state index in [1.165, 1.54) is 48.3 Å². The van der Waals surface area contributed by atoms with Crippen molar-refractivity contribution in [2.24, 2.45) is 0 Å². The molecule has 7 amide bonds. The van der Waals surface area contributed by atoms with Crippen molar-refractivity contribution >= 4 is 97.4 Å². The molecule has 0 unspecified atom stereocenters. The van der Waals surface area contributed by atoms with Crippen molar-refractivity contribution in [2.45, 2.75) is 30.8 Å². The first-order chi connectivity index (χ1) is 67.4. The maximum absolute atomic E-state index is 13.0. The van der Waals surface area contributed by atoms with Gasteiger partial charge >= 0.3 is 0 Å². The average molecular weight is 1910 g/mol. The first-order valence-electron chi connectivity index (χ1n) is 44.7. The first kappa shape index (κ1) is 101. The van der Waals surface area contributed by atoms with Crippen molar-refractivity contribution < 1.29 is 84.6 Å². The highest BCUT2D eigenvalue weighted by molar-refractivity contribution is 7.89. The summed E-state index contributed by atoms with van der Waals surface area (Å²) in [5, 5.41) is 14.4. The van der Waals surface area contributed by atoms with Crippen LogP contribution in [0.2, 0.25) is 0 Å². The molecule has 12 heterocycles. The molecule has 8 aliphatic heterocycles. The van der Waals surface area contributed by atoms with Crippen LogP contribution in [0.3, 0.4) is 0 Å². The van der Waals surface area contributed by atoms with E-state index in [0.29, 0.717) is 246 Å². The molecule has 13 N–H and O–H groups in total. The van der Waals surface area contributed by atoms with E-state index in [9.17, 15) is 42.0 Å². The van der Waals surface area contributed by atoms with E-state index >= 15 is 0 Å². The van der Waals surface area contributed by atoms with Crippen molar-refractivity contribution in [2.75, 3.05) is 204 Å². The number of carbonyl (C=O) groups is 7. The lowest BCUT2D eigenvalue weighted by Crippen LogP contribution is -2.35. The van der Waals surface area contributed by atoms with E-state index in [4.69, 9.17) is 65.6 Å². The summed E-state index contributed by atoms with van der Waals surface area (Å²) in [6, 6.07) is 55.9. The van der Waals surface area contributed by atoms with E-state index in [0.717, 1.165) is 12.0 Å². The molecule has 0 saturated carbocycles. The van der Waals surface area contributed by atoms with Crippen molar-refractivity contribution in [1.29, 1.82) is 0 Å². The van der Waals surface area contributed by atoms with Gasteiger partial charge in [-0.25, -0.2) is 48.3 Å². The fourth-order valence-electron chi connectivity index (χ4n) is 14.0. The Labute approximate surface area is 803 Å². The SMILES string of the molecule is CN1CCCOCCCOc2ccccc2NC(=O)c2nc(cnc2N)-c2ccc(cc2)C1=O.CN1CCCOCCOc2ccccc2NC(=O)c2nc(cnc2N)-c2ccc(cc2)C1=O.CN1CCNCCOCCOc2ccccc2NC(=O)c2nc(cnc2N)-c2ccc(cc2)S1(=O)=O.CN1CCOCCOCCOCc2cccc(c2)NC(=O)c2nc(cnc2N)-c2ccc(cc2)C1=O. The Morgan fingerprint density at radius 3 is 1.09 bits per heavy atom. The smallest absolute Gasteiger partial charge is 0.278 e. The summed E-state index contributed by atoms with van der Waals surface area (Å²) in [4.78, 5) is 129. The van der Waals surface area contributed by atoms with Crippen molar-refractivity contribution in [1.82, 2.24) is 64.2 Å². The maximum Gasteiger partial charge on any atom is 0.278 e. The minimum atomic E-state index is -3.67. The second kappa shape index (κ2) is 50.4. The number of nitrogens with two attached hydrogens (primary N) is 4. The van der Waals surface area contributed by atoms with Crippen LogP contribution in [0.4, 0.5) is 46.0 Å². The number of ether oxygens (including phenoxy) is 9. The van der Waals surface area contributed by atoms with Crippen LogP contribution in [0.25, 0.3) is 45.0 Å². The second-order valence-electron chi connectivity index (χ2n) is 31.7. The van der Waals surface area contributed by atoms with Gasteiger partial charge in [-0.1, -0.05) is 97.1 Å². The van der Waals surface area contributed by atoms with Crippen molar-refractivity contribution in [3.8, 4) is 62.3 Å². The van der Waals surface area contributed by atoms with Crippen molar-refractivity contribution in [3.05, 3.63) is 264 Å². The number of amides is 7. The third-order valence-corrected chi connectivity index (χ3v) is 23.5. The molecule has 18 bridgehead atoms. The summed E-state index contributed by atoms with van der Waals surface area (Å²) >= 11 is 0. The lowest BCUT2D eigenvalue weighted by atomic mass is 10.1. The number of anilines is 8. The molecular formula is C99H109N21O18S. The quantitative estimate of drug-likeness (QED) is 0.0637. The predicted molar refractivity (Wildman–Crippen MR) is 523 cm³/mol. The van der Waals surface area contributed by atoms with Gasteiger partial charge in [-0.05, 0) is 115 Å². The third-order valence-electron chi connectivity index (χ3n) is 21.7. The molecule has 0 atom stereocenters. The number of carbonyl (C=O) groups excluding carboxylic acids is 7. The van der Waals surface area contributed by atoms with Gasteiger partial charge in [-0.3, -0.25) is 33.6 Å². The summed E-state index contributed by atoms with van der Waals surface area (Å²) in [6.07, 6.45) is 8.06. The number of fused-ring (bicyclic) bond motifs is 50. The highest BCUT2D eigenvalue weighted by Crippen LogP contribution is 2.32. The molecule has 724 valence electrons. The standard InChI is InChI=1S/C26H29N5O5.C25H27N5O4.C24H28N6O5S.C24H25N5O4/c1-31-9-10-34-11-12-35-13-14-36-17-18-3-2-4-21(15-18)29-25(32)23-24(27)28-16-22(30-23)19-5-7-20(8-6-19)26(31)33;1-30-12-4-13-33-14-5-15-34-21-7-3-2-6-19(21)29-24(31)22-23(26)27-16-20(28-22)17-8-10-18(11-9-17)25(30)32;1-30-12-10-26-11-13-34-14-15-35-21-5-3-2-4-19(21)29-24(31)22-23(25)27-16-20(28-22)17-6-8-18(9-7-17)36(30,32)33;1-29-11-4-12-32-13-14-33-20-6-3-2-5-18(20)28-23(30)21-22(25)26-15-19(27-21)16-7-9-17(10-8-16)24(29)31/h2-8,15-16H,9-14,17H2,1H3,(H2,27,28)(H,29,32);2-3,6-11,16H,4-5,12-15H2,1H3,(H2,26,27)(H,29,31);2-9,16,26H,10-15H2,1H3,(H2,25,27)(H,29,31);2-3,5-10,15H,4,11-14H2,1H3,(H2,25,26)(H,28,30). The molecule has 0 saturated heterocycles. The van der Waals surface area contributed by atoms with Crippen LogP contribution in [0.15, 0.2) is 224 Å². The summed E-state index contributed by atoms with van der Waals surface area (Å²) in [5.74, 6) is -0.763. The molecule has 12 aromatic rings. The number of rotatable bonds is 0. The first-order valence-corrected chi connectivity index (χ1v) is 46.2. The van der Waals surface area contributed by atoms with Crippen LogP contribution in [0, 0.1) is 0 Å². The Morgan fingerprint density at radius 1 is 0.317 bits per heavy atom. The van der Waals surface area contributed by atoms with Gasteiger partial charge in [0.25, 0.3) is 41.4 Å². The van der Waals surface area contributed by atoms with Crippen LogP contribution in [-0.2, 0) is 45.1 Å². The largest absolute Gasteiger partial charge is 0.491 e. The van der Waals surface area contributed by atoms with E-state index in [2.05, 4.69) is 66.5 Å². The highest BCUT2D eigenvalue weighted by atomic mass is 32.2. The summed E-state index contributed by atoms with van der Waals surface area (Å²) in [5.41, 5.74) is 32.9. The zero-order valence-electron chi connectivity index (χ0n) is 77.2. The van der Waals surface area contributed by atoms with E-state index in [-0.39, 0.29) is 75.3 Å². The zero-order valence-corrected chi connectivity index (χ0v) is 78.0. The van der Waals surface area contributed by atoms with Gasteiger partial charge in [-0.15, -0.1) is 0 Å². The predicted octanol–water partition coefficient (Wildman–Crippen LogP) is 10.3. The van der Waals surface area contributed by atoms with Gasteiger partial charge in [0, 0.05) is 138 Å². The molecule has 139 heavy (non-hydrogen) atoms. The van der Waals surface area contributed by atoms with Gasteiger partial charge < -0.3 is 107 Å². The van der Waals surface area contributed by atoms with Crippen LogP contribution >= 0.6 is 0 Å². The fraction of sp³-hybridized carbons (Fsp3) is 0.283. The molecular weight excluding hydrogens is 1800 g/mol. The van der Waals surface area contributed by atoms with Gasteiger partial charge in [0.05, 0.1) is 136 Å². The van der Waals surface area contributed by atoms with Crippen molar-refractivity contribution in [3.63, 3.8) is 0 Å². The van der Waals surface area contributed by atoms with Crippen LogP contribution in [-0.4, -0.2) is 269 Å². The number of benzene rings is 8. The number of likely N-dealkylation sites (N-methyl/N-ethyl adjacent to an activating group) is 2. The second-order valence-corrected chi connectivity index (χ2v) is 33.7. The monoisotopic (exact) mass is 1910 g/mol. The molecule has 8 aliphatic rings. The van der Waals surface area contributed by atoms with Gasteiger partial charge in [-0.2, -0.15) is 4.31 Å². The van der Waals surface area contributed by atoms with Crippen LogP contribution in [0.1, 0.15) is 97.9 Å². The minimum Gasteiger partial charge on any atom is -0.491 e. The summed E-state index contributed by atoms with van der Waals surface area (Å²) < 4.78 is 78.2. The van der Waals surface area contributed by atoms with Crippen LogP contribution in [0.5, 0.6) is 17.2 Å². The average Bonchev–Trinajstić information content (AvgIpc) is 0.941. The Balaban J connectivity index is 0.000000156. The number of nitrogen functional groups attached to an aromatic ring is 4. The number of hydrogen-bond acceptors (Lipinski definition) is 31. The number of nitrogens with zero attached hydrogens (tertiary/aromatic N) is 12. The molecule has 20 rings (SSSR count). The topological polar surface area (TPSA) is 517 Å².